The Bertz CT molecular complexity index is 90.9. The van der Waals surface area contributed by atoms with Crippen molar-refractivity contribution in [2.45, 2.75) is 20.3 Å². The summed E-state index contributed by atoms with van der Waals surface area (Å²) in [6.07, 6.45) is 1.09. The fourth-order valence-electron chi connectivity index (χ4n) is 0.754. The van der Waals surface area contributed by atoms with Crippen LogP contribution >= 0.6 is 0 Å². The molecule has 54 valence electrons. The van der Waals surface area contributed by atoms with Crippen LogP contribution in [0.15, 0.2) is 12.5 Å². The highest BCUT2D eigenvalue weighted by atomic mass is 16.3. The third-order valence-corrected chi connectivity index (χ3v) is 1.26. The van der Waals surface area contributed by atoms with Crippen molar-refractivity contribution in [2.24, 2.45) is 0 Å². The van der Waals surface area contributed by atoms with Crippen molar-refractivity contribution < 1.29 is 5.11 Å². The summed E-state index contributed by atoms with van der Waals surface area (Å²) < 4.78 is 0. The van der Waals surface area contributed by atoms with Gasteiger partial charge in [0.05, 0.1) is 0 Å². The Balaban J connectivity index is 3.54. The van der Waals surface area contributed by atoms with Gasteiger partial charge in [-0.15, -0.1) is 0 Å². The second kappa shape index (κ2) is 4.24. The second-order valence-electron chi connectivity index (χ2n) is 2.03. The predicted molar refractivity (Wildman–Crippen MR) is 40.3 cm³/mol. The van der Waals surface area contributed by atoms with Crippen molar-refractivity contribution >= 4 is 0 Å². The molecular formula is C7H16NO+. The van der Waals surface area contributed by atoms with Gasteiger partial charge in [-0.3, -0.25) is 0 Å². The molecule has 0 fully saturated rings. The van der Waals surface area contributed by atoms with Gasteiger partial charge in [-0.1, -0.05) is 6.92 Å². The van der Waals surface area contributed by atoms with Gasteiger partial charge in [0.15, 0.2) is 0 Å². The molecule has 2 N–H and O–H groups in total. The molecule has 0 spiro atoms. The lowest BCUT2D eigenvalue weighted by Gasteiger charge is -2.15. The van der Waals surface area contributed by atoms with E-state index in [0.29, 0.717) is 5.88 Å². The monoisotopic (exact) mass is 130 g/mol. The smallest absolute Gasteiger partial charge is 0.325 e. The van der Waals surface area contributed by atoms with Crippen LogP contribution in [0, 0.1) is 0 Å². The van der Waals surface area contributed by atoms with Crippen LogP contribution < -0.4 is 0 Å². The first kappa shape index (κ1) is 8.34. The molecule has 0 bridgehead atoms. The van der Waals surface area contributed by atoms with Crippen LogP contribution in [0.1, 0.15) is 20.3 Å². The second-order valence-corrected chi connectivity index (χ2v) is 2.03. The molecule has 0 unspecified atom stereocenters. The minimum atomic E-state index is 0.430. The van der Waals surface area contributed by atoms with Gasteiger partial charge in [0.1, 0.15) is 0 Å². The number of rotatable bonds is 4. The van der Waals surface area contributed by atoms with E-state index >= 15 is 0 Å². The van der Waals surface area contributed by atoms with Gasteiger partial charge in [0.25, 0.3) is 0 Å². The average molecular weight is 130 g/mol. The van der Waals surface area contributed by atoms with Crippen LogP contribution in [0.3, 0.4) is 0 Å². The lowest BCUT2D eigenvalue weighted by atomic mass is 10.4. The summed E-state index contributed by atoms with van der Waals surface area (Å²) >= 11 is 0. The molecule has 0 rings (SSSR count). The van der Waals surface area contributed by atoms with Crippen molar-refractivity contribution in [3.63, 3.8) is 0 Å². The molecule has 0 aromatic carbocycles. The van der Waals surface area contributed by atoms with Crippen LogP contribution in [-0.2, 0) is 0 Å². The molecule has 2 heteroatoms. The lowest BCUT2D eigenvalue weighted by Crippen LogP contribution is -2.22. The summed E-state index contributed by atoms with van der Waals surface area (Å²) in [5.41, 5.74) is 0. The highest BCUT2D eigenvalue weighted by Gasteiger charge is 2.03. The minimum absolute atomic E-state index is 0.430. The summed E-state index contributed by atoms with van der Waals surface area (Å²) in [6.45, 7) is 9.53. The van der Waals surface area contributed by atoms with Gasteiger partial charge < -0.3 is 10.0 Å². The van der Waals surface area contributed by atoms with Gasteiger partial charge >= 0.3 is 5.88 Å². The maximum atomic E-state index is 7.17. The molecule has 0 aliphatic carbocycles. The van der Waals surface area contributed by atoms with Crippen molar-refractivity contribution in [1.82, 2.24) is 4.90 Å². The molecule has 0 saturated carbocycles. The summed E-state index contributed by atoms with van der Waals surface area (Å²) in [5, 5.41) is 7.17. The first-order valence-corrected chi connectivity index (χ1v) is 3.37. The maximum Gasteiger partial charge on any atom is 0.325 e. The SMILES string of the molecule is C=C([OH2+])N(CC)CCC. The van der Waals surface area contributed by atoms with Crippen molar-refractivity contribution in [3.8, 4) is 0 Å². The Morgan fingerprint density at radius 2 is 2.11 bits per heavy atom. The molecule has 0 aliphatic rings. The molecule has 0 aromatic heterocycles. The molecule has 0 aromatic rings. The van der Waals surface area contributed by atoms with Gasteiger partial charge in [-0.05, 0) is 13.3 Å². The van der Waals surface area contributed by atoms with Crippen molar-refractivity contribution in [2.75, 3.05) is 13.1 Å². The molecule has 0 saturated heterocycles. The standard InChI is InChI=1S/C7H15NO/c1-4-6-8(5-2)7(3)9/h9H,3-6H2,1-2H3/p+1. The van der Waals surface area contributed by atoms with Gasteiger partial charge in [0.2, 0.25) is 0 Å². The van der Waals surface area contributed by atoms with E-state index in [1.165, 1.54) is 0 Å². The normalized spacial score (nSPS) is 9.11. The lowest BCUT2D eigenvalue weighted by molar-refractivity contribution is 0.211. The van der Waals surface area contributed by atoms with Crippen LogP contribution in [0.4, 0.5) is 0 Å². The number of nitrogens with zero attached hydrogens (tertiary/aromatic N) is 1. The molecular weight excluding hydrogens is 114 g/mol. The third-order valence-electron chi connectivity index (χ3n) is 1.26. The summed E-state index contributed by atoms with van der Waals surface area (Å²) in [7, 11) is 0. The molecule has 0 heterocycles. The quantitative estimate of drug-likeness (QED) is 0.410. The Kier molecular flexibility index (Phi) is 3.93. The van der Waals surface area contributed by atoms with Crippen molar-refractivity contribution in [3.05, 3.63) is 12.5 Å². The minimum Gasteiger partial charge on any atom is -0.581 e. The Labute approximate surface area is 56.8 Å². The van der Waals surface area contributed by atoms with Crippen LogP contribution in [0.2, 0.25) is 0 Å². The topological polar surface area (TPSA) is 26.1 Å². The Morgan fingerprint density at radius 3 is 2.22 bits per heavy atom. The van der Waals surface area contributed by atoms with E-state index in [1.54, 1.807) is 0 Å². The highest BCUT2D eigenvalue weighted by Crippen LogP contribution is 1.96. The van der Waals surface area contributed by atoms with E-state index < -0.39 is 0 Å². The zero-order valence-electron chi connectivity index (χ0n) is 6.28. The zero-order chi connectivity index (χ0) is 7.28. The van der Waals surface area contributed by atoms with E-state index in [4.69, 9.17) is 5.11 Å². The highest BCUT2D eigenvalue weighted by molar-refractivity contribution is 4.78. The summed E-state index contributed by atoms with van der Waals surface area (Å²) in [5.74, 6) is 0.430. The molecule has 0 atom stereocenters. The molecule has 0 radical (unpaired) electrons. The fourth-order valence-corrected chi connectivity index (χ4v) is 0.754. The average Bonchev–Trinajstić information content (AvgIpc) is 1.82. The van der Waals surface area contributed by atoms with E-state index in [2.05, 4.69) is 13.5 Å². The fraction of sp³-hybridized carbons (Fsp3) is 0.714. The summed E-state index contributed by atoms with van der Waals surface area (Å²) in [4.78, 5) is 1.94. The van der Waals surface area contributed by atoms with E-state index in [9.17, 15) is 0 Å². The van der Waals surface area contributed by atoms with Gasteiger partial charge in [-0.25, -0.2) is 0 Å². The van der Waals surface area contributed by atoms with E-state index in [0.717, 1.165) is 19.5 Å². The molecule has 0 aliphatic heterocycles. The number of hydrogen-bond acceptors (Lipinski definition) is 1. The third kappa shape index (κ3) is 3.01. The van der Waals surface area contributed by atoms with Gasteiger partial charge in [0, 0.05) is 19.7 Å². The largest absolute Gasteiger partial charge is 0.581 e. The van der Waals surface area contributed by atoms with Crippen LogP contribution in [0.25, 0.3) is 0 Å². The molecule has 2 nitrogen and oxygen atoms in total. The summed E-state index contributed by atoms with van der Waals surface area (Å²) in [6, 6.07) is 0. The Hall–Kier alpha value is -0.660. The first-order chi connectivity index (χ1) is 4.22. The number of hydrogen-bond donors (Lipinski definition) is 0. The van der Waals surface area contributed by atoms with Crippen LogP contribution in [0.5, 0.6) is 0 Å². The van der Waals surface area contributed by atoms with E-state index in [-0.39, 0.29) is 0 Å². The maximum absolute atomic E-state index is 7.17. The molecule has 0 amide bonds. The first-order valence-electron chi connectivity index (χ1n) is 3.37. The van der Waals surface area contributed by atoms with Gasteiger partial charge in [-0.2, -0.15) is 0 Å². The van der Waals surface area contributed by atoms with Crippen molar-refractivity contribution in [1.29, 1.82) is 0 Å². The predicted octanol–water partition coefficient (Wildman–Crippen LogP) is 0.914. The molecule has 9 heavy (non-hydrogen) atoms. The zero-order valence-corrected chi connectivity index (χ0v) is 6.28. The Morgan fingerprint density at radius 1 is 1.56 bits per heavy atom. The van der Waals surface area contributed by atoms with E-state index in [1.807, 2.05) is 11.8 Å². The van der Waals surface area contributed by atoms with Crippen LogP contribution in [-0.4, -0.2) is 23.1 Å².